The van der Waals surface area contributed by atoms with Crippen molar-refractivity contribution in [2.24, 2.45) is 5.73 Å². The molecular formula is C15H13N3O2S3. The molecular weight excluding hydrogens is 350 g/mol. The maximum atomic E-state index is 12.4. The molecule has 3 rings (SSSR count). The largest absolute Gasteiger partial charge is 0.369 e. The highest BCUT2D eigenvalue weighted by atomic mass is 32.2. The highest BCUT2D eigenvalue weighted by Gasteiger charge is 2.14. The fourth-order valence-electron chi connectivity index (χ4n) is 1.96. The van der Waals surface area contributed by atoms with Gasteiger partial charge in [-0.25, -0.2) is 4.98 Å². The number of primary amides is 1. The molecule has 0 fully saturated rings. The number of thiophene rings is 1. The Morgan fingerprint density at radius 2 is 2.09 bits per heavy atom. The molecule has 1 aromatic carbocycles. The summed E-state index contributed by atoms with van der Waals surface area (Å²) < 4.78 is 1.96. The summed E-state index contributed by atoms with van der Waals surface area (Å²) in [6.07, 6.45) is 0. The molecule has 0 aliphatic carbocycles. The van der Waals surface area contributed by atoms with E-state index in [0.29, 0.717) is 10.0 Å². The fourth-order valence-corrected chi connectivity index (χ4v) is 4.79. The zero-order valence-corrected chi connectivity index (χ0v) is 14.6. The Morgan fingerprint density at radius 3 is 2.83 bits per heavy atom. The molecule has 2 heterocycles. The van der Waals surface area contributed by atoms with Gasteiger partial charge in [-0.05, 0) is 24.4 Å². The summed E-state index contributed by atoms with van der Waals surface area (Å²) in [6.45, 7) is 1.84. The summed E-state index contributed by atoms with van der Waals surface area (Å²) in [7, 11) is 0. The first-order valence-electron chi connectivity index (χ1n) is 6.71. The van der Waals surface area contributed by atoms with Crippen LogP contribution in [0.4, 0.5) is 5.13 Å². The highest BCUT2D eigenvalue weighted by Crippen LogP contribution is 2.32. The summed E-state index contributed by atoms with van der Waals surface area (Å²) in [6, 6.07) is 9.74. The van der Waals surface area contributed by atoms with Crippen LogP contribution in [0.1, 0.15) is 15.4 Å². The number of rotatable bonds is 5. The van der Waals surface area contributed by atoms with Crippen molar-refractivity contribution >= 4 is 61.5 Å². The van der Waals surface area contributed by atoms with E-state index in [1.165, 1.54) is 34.4 Å². The highest BCUT2D eigenvalue weighted by molar-refractivity contribution is 8.01. The SMILES string of the molecule is Cc1nc(NC(=O)c2cc3ccccc3s2)sc1SCC(N)=O. The molecule has 5 nitrogen and oxygen atoms in total. The number of aryl methyl sites for hydroxylation is 1. The van der Waals surface area contributed by atoms with Gasteiger partial charge < -0.3 is 5.73 Å². The number of nitrogens with zero attached hydrogens (tertiary/aromatic N) is 1. The van der Waals surface area contributed by atoms with Crippen LogP contribution in [0.2, 0.25) is 0 Å². The number of carbonyl (C=O) groups excluding carboxylic acids is 2. The summed E-state index contributed by atoms with van der Waals surface area (Å²) in [5.41, 5.74) is 5.93. The maximum absolute atomic E-state index is 12.4. The molecule has 3 aromatic rings. The molecule has 3 N–H and O–H groups in total. The van der Waals surface area contributed by atoms with Gasteiger partial charge in [0.1, 0.15) is 0 Å². The van der Waals surface area contributed by atoms with Gasteiger partial charge in [0, 0.05) is 4.70 Å². The van der Waals surface area contributed by atoms with E-state index < -0.39 is 0 Å². The van der Waals surface area contributed by atoms with Gasteiger partial charge in [-0.1, -0.05) is 29.5 Å². The first kappa shape index (κ1) is 16.0. The summed E-state index contributed by atoms with van der Waals surface area (Å²) in [4.78, 5) is 28.2. The van der Waals surface area contributed by atoms with Crippen molar-refractivity contribution in [2.75, 3.05) is 11.1 Å². The van der Waals surface area contributed by atoms with E-state index in [2.05, 4.69) is 10.3 Å². The number of nitrogens with one attached hydrogen (secondary N) is 1. The van der Waals surface area contributed by atoms with Gasteiger partial charge in [-0.3, -0.25) is 14.9 Å². The van der Waals surface area contributed by atoms with E-state index in [9.17, 15) is 9.59 Å². The molecule has 2 aromatic heterocycles. The monoisotopic (exact) mass is 363 g/mol. The standard InChI is InChI=1S/C15H13N3O2S3/c1-8-14(21-7-12(16)19)23-15(17-8)18-13(20)11-6-9-4-2-3-5-10(9)22-11/h2-6H,7H2,1H3,(H2,16,19)(H,17,18,20). The number of fused-ring (bicyclic) bond motifs is 1. The Morgan fingerprint density at radius 1 is 1.30 bits per heavy atom. The average Bonchev–Trinajstić information content (AvgIpc) is 3.08. The molecule has 0 spiro atoms. The minimum absolute atomic E-state index is 0.175. The van der Waals surface area contributed by atoms with Crippen molar-refractivity contribution < 1.29 is 9.59 Å². The van der Waals surface area contributed by atoms with Crippen LogP contribution in [-0.4, -0.2) is 22.6 Å². The molecule has 0 aliphatic rings. The second-order valence-electron chi connectivity index (χ2n) is 4.75. The van der Waals surface area contributed by atoms with Crippen molar-refractivity contribution in [1.29, 1.82) is 0 Å². The first-order valence-corrected chi connectivity index (χ1v) is 9.33. The van der Waals surface area contributed by atoms with Gasteiger partial charge in [-0.15, -0.1) is 23.1 Å². The smallest absolute Gasteiger partial charge is 0.267 e. The number of thiazole rings is 1. The Hall–Kier alpha value is -1.90. The summed E-state index contributed by atoms with van der Waals surface area (Å²) >= 11 is 4.13. The van der Waals surface area contributed by atoms with Crippen LogP contribution in [0.15, 0.2) is 34.5 Å². The minimum atomic E-state index is -0.376. The Balaban J connectivity index is 1.74. The normalized spacial score (nSPS) is 10.8. The van der Waals surface area contributed by atoms with Crippen molar-refractivity contribution in [3.63, 3.8) is 0 Å². The van der Waals surface area contributed by atoms with Gasteiger partial charge in [0.2, 0.25) is 5.91 Å². The lowest BCUT2D eigenvalue weighted by Crippen LogP contribution is -2.12. The number of hydrogen-bond donors (Lipinski definition) is 2. The van der Waals surface area contributed by atoms with E-state index in [1.807, 2.05) is 37.3 Å². The number of amides is 2. The third kappa shape index (κ3) is 3.72. The molecule has 0 saturated heterocycles. The van der Waals surface area contributed by atoms with Crippen molar-refractivity contribution in [1.82, 2.24) is 4.98 Å². The average molecular weight is 363 g/mol. The van der Waals surface area contributed by atoms with Crippen LogP contribution in [0.3, 0.4) is 0 Å². The lowest BCUT2D eigenvalue weighted by molar-refractivity contribution is -0.115. The predicted molar refractivity (Wildman–Crippen MR) is 96.5 cm³/mol. The van der Waals surface area contributed by atoms with E-state index >= 15 is 0 Å². The summed E-state index contributed by atoms with van der Waals surface area (Å²) in [5, 5.41) is 4.39. The van der Waals surface area contributed by atoms with Crippen LogP contribution in [-0.2, 0) is 4.79 Å². The van der Waals surface area contributed by atoms with Crippen molar-refractivity contribution in [2.45, 2.75) is 11.1 Å². The third-order valence-corrected chi connectivity index (χ3v) is 6.54. The lowest BCUT2D eigenvalue weighted by atomic mass is 10.2. The lowest BCUT2D eigenvalue weighted by Gasteiger charge is -1.97. The van der Waals surface area contributed by atoms with Crippen LogP contribution in [0.5, 0.6) is 0 Å². The molecule has 8 heteroatoms. The number of aromatic nitrogens is 1. The van der Waals surface area contributed by atoms with Gasteiger partial charge in [0.15, 0.2) is 5.13 Å². The predicted octanol–water partition coefficient (Wildman–Crippen LogP) is 3.50. The molecule has 118 valence electrons. The second kappa shape index (κ2) is 6.69. The zero-order valence-electron chi connectivity index (χ0n) is 12.2. The van der Waals surface area contributed by atoms with Crippen LogP contribution >= 0.6 is 34.4 Å². The van der Waals surface area contributed by atoms with Gasteiger partial charge in [0.25, 0.3) is 5.91 Å². The molecule has 2 amide bonds. The van der Waals surface area contributed by atoms with E-state index in [-0.39, 0.29) is 17.6 Å². The van der Waals surface area contributed by atoms with Crippen molar-refractivity contribution in [3.8, 4) is 0 Å². The summed E-state index contributed by atoms with van der Waals surface area (Å²) in [5.74, 6) is -0.350. The molecule has 0 atom stereocenters. The van der Waals surface area contributed by atoms with Crippen LogP contribution < -0.4 is 11.1 Å². The Bertz CT molecular complexity index is 852. The van der Waals surface area contributed by atoms with E-state index in [4.69, 9.17) is 5.73 Å². The zero-order chi connectivity index (χ0) is 16.4. The van der Waals surface area contributed by atoms with Gasteiger partial charge in [-0.2, -0.15) is 0 Å². The molecule has 0 saturated carbocycles. The molecule has 23 heavy (non-hydrogen) atoms. The Labute approximate surface area is 144 Å². The molecule has 0 bridgehead atoms. The molecule has 0 aliphatic heterocycles. The fraction of sp³-hybridized carbons (Fsp3) is 0.133. The van der Waals surface area contributed by atoms with Crippen LogP contribution in [0, 0.1) is 6.92 Å². The number of benzene rings is 1. The van der Waals surface area contributed by atoms with Crippen molar-refractivity contribution in [3.05, 3.63) is 40.9 Å². The number of anilines is 1. The maximum Gasteiger partial charge on any atom is 0.267 e. The quantitative estimate of drug-likeness (QED) is 0.680. The van der Waals surface area contributed by atoms with Crippen LogP contribution in [0.25, 0.3) is 10.1 Å². The minimum Gasteiger partial charge on any atom is -0.369 e. The number of hydrogen-bond acceptors (Lipinski definition) is 6. The molecule has 0 radical (unpaired) electrons. The number of carbonyl (C=O) groups is 2. The second-order valence-corrected chi connectivity index (χ2v) is 8.08. The third-order valence-electron chi connectivity index (χ3n) is 2.97. The topological polar surface area (TPSA) is 85.1 Å². The first-order chi connectivity index (χ1) is 11.0. The van der Waals surface area contributed by atoms with E-state index in [0.717, 1.165) is 20.0 Å². The van der Waals surface area contributed by atoms with E-state index in [1.54, 1.807) is 0 Å². The molecule has 0 unspecified atom stereocenters. The Kier molecular flexibility index (Phi) is 4.65. The van der Waals surface area contributed by atoms with Gasteiger partial charge in [0.05, 0.1) is 20.5 Å². The number of nitrogens with two attached hydrogens (primary N) is 1. The van der Waals surface area contributed by atoms with Gasteiger partial charge >= 0.3 is 0 Å². The number of thioether (sulfide) groups is 1.